The standard InChI is InChI=1S/C24H25N3O3/c1-25-23(28)16-8-10-27(11-9-16)13-15-6-7-18-17(12-15)14-30-22(18)21-19-4-2-3-5-20(19)26-24(21)29/h2-7,12,16H,8-11,13-14H2,1H3,(H,25,28)(H,26,29). The van der Waals surface area contributed by atoms with Gasteiger partial charge in [-0.1, -0.05) is 36.4 Å². The summed E-state index contributed by atoms with van der Waals surface area (Å²) >= 11 is 0. The van der Waals surface area contributed by atoms with Crippen LogP contribution in [0.2, 0.25) is 0 Å². The molecule has 5 rings (SSSR count). The number of rotatable bonds is 3. The lowest BCUT2D eigenvalue weighted by molar-refractivity contribution is -0.126. The molecule has 2 aromatic rings. The summed E-state index contributed by atoms with van der Waals surface area (Å²) in [5.41, 5.74) is 5.70. The van der Waals surface area contributed by atoms with E-state index in [0.29, 0.717) is 17.9 Å². The highest BCUT2D eigenvalue weighted by molar-refractivity contribution is 6.36. The van der Waals surface area contributed by atoms with Crippen LogP contribution in [0.1, 0.15) is 35.1 Å². The van der Waals surface area contributed by atoms with Crippen LogP contribution in [0.5, 0.6) is 0 Å². The zero-order valence-corrected chi connectivity index (χ0v) is 17.0. The number of anilines is 1. The lowest BCUT2D eigenvalue weighted by Gasteiger charge is -2.31. The first-order valence-electron chi connectivity index (χ1n) is 10.5. The Morgan fingerprint density at radius 3 is 2.77 bits per heavy atom. The van der Waals surface area contributed by atoms with E-state index >= 15 is 0 Å². The second-order valence-corrected chi connectivity index (χ2v) is 8.15. The van der Waals surface area contributed by atoms with Gasteiger partial charge in [0.05, 0.1) is 5.57 Å². The van der Waals surface area contributed by atoms with Crippen LogP contribution in [0.15, 0.2) is 42.5 Å². The lowest BCUT2D eigenvalue weighted by Crippen LogP contribution is -2.39. The van der Waals surface area contributed by atoms with E-state index in [4.69, 9.17) is 4.74 Å². The first-order chi connectivity index (χ1) is 14.6. The van der Waals surface area contributed by atoms with Gasteiger partial charge in [-0.05, 0) is 37.6 Å². The summed E-state index contributed by atoms with van der Waals surface area (Å²) in [6, 6.07) is 14.1. The Balaban J connectivity index is 1.34. The van der Waals surface area contributed by atoms with Crippen LogP contribution in [0.3, 0.4) is 0 Å². The number of fused-ring (bicyclic) bond motifs is 2. The molecular formula is C24H25N3O3. The molecule has 1 saturated heterocycles. The molecule has 0 spiro atoms. The molecular weight excluding hydrogens is 378 g/mol. The van der Waals surface area contributed by atoms with Gasteiger partial charge < -0.3 is 15.4 Å². The third kappa shape index (κ3) is 3.27. The molecule has 1 fully saturated rings. The van der Waals surface area contributed by atoms with Gasteiger partial charge in [0.15, 0.2) is 0 Å². The molecule has 2 amide bonds. The maximum atomic E-state index is 12.6. The third-order valence-electron chi connectivity index (χ3n) is 6.30. The number of hydrogen-bond acceptors (Lipinski definition) is 4. The topological polar surface area (TPSA) is 70.7 Å². The molecule has 6 nitrogen and oxygen atoms in total. The summed E-state index contributed by atoms with van der Waals surface area (Å²) in [7, 11) is 1.71. The molecule has 3 heterocycles. The fourth-order valence-electron chi connectivity index (χ4n) is 4.68. The molecule has 0 aliphatic carbocycles. The number of ether oxygens (including phenoxy) is 1. The van der Waals surface area contributed by atoms with Gasteiger partial charge in [0.2, 0.25) is 5.91 Å². The Hall–Kier alpha value is -3.12. The number of benzene rings is 2. The van der Waals surface area contributed by atoms with Crippen molar-refractivity contribution in [2.45, 2.75) is 26.0 Å². The number of carbonyl (C=O) groups is 2. The summed E-state index contributed by atoms with van der Waals surface area (Å²) < 4.78 is 5.99. The minimum atomic E-state index is -0.109. The van der Waals surface area contributed by atoms with Crippen LogP contribution in [0.25, 0.3) is 11.3 Å². The predicted molar refractivity (Wildman–Crippen MR) is 115 cm³/mol. The second-order valence-electron chi connectivity index (χ2n) is 8.15. The van der Waals surface area contributed by atoms with E-state index in [2.05, 4.69) is 33.7 Å². The highest BCUT2D eigenvalue weighted by atomic mass is 16.5. The molecule has 0 unspecified atom stereocenters. The van der Waals surface area contributed by atoms with E-state index in [1.165, 1.54) is 5.56 Å². The SMILES string of the molecule is CNC(=O)C1CCN(Cc2ccc3c(c2)COC3=C2C(=O)Nc3ccccc32)CC1. The zero-order valence-electron chi connectivity index (χ0n) is 17.0. The van der Waals surface area contributed by atoms with Crippen LogP contribution in [0, 0.1) is 5.92 Å². The number of para-hydroxylation sites is 1. The van der Waals surface area contributed by atoms with E-state index in [9.17, 15) is 9.59 Å². The van der Waals surface area contributed by atoms with E-state index < -0.39 is 0 Å². The number of carbonyl (C=O) groups excluding carboxylic acids is 2. The Labute approximate surface area is 175 Å². The van der Waals surface area contributed by atoms with Gasteiger partial charge in [0.25, 0.3) is 5.91 Å². The van der Waals surface area contributed by atoms with Gasteiger partial charge in [-0.25, -0.2) is 0 Å². The van der Waals surface area contributed by atoms with Gasteiger partial charge in [0.1, 0.15) is 12.4 Å². The van der Waals surface area contributed by atoms with E-state index in [1.807, 2.05) is 24.3 Å². The Morgan fingerprint density at radius 2 is 1.97 bits per heavy atom. The fourth-order valence-corrected chi connectivity index (χ4v) is 4.68. The molecule has 0 bridgehead atoms. The summed E-state index contributed by atoms with van der Waals surface area (Å²) in [5, 5.41) is 5.68. The van der Waals surface area contributed by atoms with E-state index in [1.54, 1.807) is 7.05 Å². The summed E-state index contributed by atoms with van der Waals surface area (Å²) in [6.07, 6.45) is 1.80. The highest BCUT2D eigenvalue weighted by Crippen LogP contribution is 2.41. The summed E-state index contributed by atoms with van der Waals surface area (Å²) in [5.74, 6) is 0.851. The Kier molecular flexibility index (Phi) is 4.79. The van der Waals surface area contributed by atoms with Crippen molar-refractivity contribution in [1.29, 1.82) is 0 Å². The molecule has 2 N–H and O–H groups in total. The van der Waals surface area contributed by atoms with Crippen LogP contribution in [0.4, 0.5) is 5.69 Å². The largest absolute Gasteiger partial charge is 0.487 e. The highest BCUT2D eigenvalue weighted by Gasteiger charge is 2.32. The molecule has 0 saturated carbocycles. The first kappa shape index (κ1) is 18.9. The van der Waals surface area contributed by atoms with Crippen molar-refractivity contribution < 1.29 is 14.3 Å². The van der Waals surface area contributed by atoms with E-state index in [-0.39, 0.29) is 17.7 Å². The monoisotopic (exact) mass is 403 g/mol. The fraction of sp³-hybridized carbons (Fsp3) is 0.333. The number of nitrogens with one attached hydrogen (secondary N) is 2. The summed E-state index contributed by atoms with van der Waals surface area (Å²) in [4.78, 5) is 26.8. The molecule has 0 atom stereocenters. The van der Waals surface area contributed by atoms with E-state index in [0.717, 1.165) is 54.9 Å². The quantitative estimate of drug-likeness (QED) is 0.773. The van der Waals surface area contributed by atoms with Crippen molar-refractivity contribution >= 4 is 28.8 Å². The first-order valence-corrected chi connectivity index (χ1v) is 10.5. The molecule has 0 aromatic heterocycles. The maximum Gasteiger partial charge on any atom is 0.260 e. The number of piperidine rings is 1. The smallest absolute Gasteiger partial charge is 0.260 e. The van der Waals surface area contributed by atoms with Gasteiger partial charge in [-0.3, -0.25) is 14.5 Å². The van der Waals surface area contributed by atoms with Crippen LogP contribution >= 0.6 is 0 Å². The lowest BCUT2D eigenvalue weighted by atomic mass is 9.95. The zero-order chi connectivity index (χ0) is 20.7. The molecule has 3 aliphatic rings. The molecule has 30 heavy (non-hydrogen) atoms. The van der Waals surface area contributed by atoms with Gasteiger partial charge in [-0.2, -0.15) is 0 Å². The molecule has 3 aliphatic heterocycles. The minimum Gasteiger partial charge on any atom is -0.487 e. The van der Waals surface area contributed by atoms with Crippen molar-refractivity contribution in [3.63, 3.8) is 0 Å². The second kappa shape index (κ2) is 7.61. The number of amides is 2. The molecule has 154 valence electrons. The van der Waals surface area contributed by atoms with Crippen LogP contribution in [-0.2, 0) is 27.5 Å². The van der Waals surface area contributed by atoms with Gasteiger partial charge >= 0.3 is 0 Å². The molecule has 0 radical (unpaired) electrons. The van der Waals surface area contributed by atoms with Crippen LogP contribution in [-0.4, -0.2) is 36.9 Å². The Morgan fingerprint density at radius 1 is 1.17 bits per heavy atom. The number of hydrogen-bond donors (Lipinski definition) is 2. The average molecular weight is 403 g/mol. The maximum absolute atomic E-state index is 12.6. The normalized spacial score (nSPS) is 21.0. The molecule has 6 heteroatoms. The van der Waals surface area contributed by atoms with Gasteiger partial charge in [0, 0.05) is 41.9 Å². The number of nitrogens with zero attached hydrogens (tertiary/aromatic N) is 1. The van der Waals surface area contributed by atoms with Crippen molar-refractivity contribution in [2.75, 3.05) is 25.5 Å². The summed E-state index contributed by atoms with van der Waals surface area (Å²) in [6.45, 7) is 3.20. The van der Waals surface area contributed by atoms with Crippen LogP contribution < -0.4 is 10.6 Å². The third-order valence-corrected chi connectivity index (χ3v) is 6.30. The molecule has 2 aromatic carbocycles. The van der Waals surface area contributed by atoms with Crippen molar-refractivity contribution in [1.82, 2.24) is 10.2 Å². The predicted octanol–water partition coefficient (Wildman–Crippen LogP) is 3.00. The van der Waals surface area contributed by atoms with Crippen molar-refractivity contribution in [3.05, 3.63) is 64.7 Å². The van der Waals surface area contributed by atoms with Crippen molar-refractivity contribution in [3.8, 4) is 0 Å². The Bertz CT molecular complexity index is 1050. The number of likely N-dealkylation sites (tertiary alicyclic amines) is 1. The average Bonchev–Trinajstić information content (AvgIpc) is 3.32. The van der Waals surface area contributed by atoms with Gasteiger partial charge in [-0.15, -0.1) is 0 Å². The minimum absolute atomic E-state index is 0.109. The van der Waals surface area contributed by atoms with Crippen molar-refractivity contribution in [2.24, 2.45) is 5.92 Å².